The average Bonchev–Trinajstić information content (AvgIpc) is 2.24. The predicted octanol–water partition coefficient (Wildman–Crippen LogP) is 0.825. The summed E-state index contributed by atoms with van der Waals surface area (Å²) in [6.07, 6.45) is 2.12. The summed E-state index contributed by atoms with van der Waals surface area (Å²) in [5.41, 5.74) is 5.71. The molecule has 0 fully saturated rings. The molecule has 0 saturated heterocycles. The summed E-state index contributed by atoms with van der Waals surface area (Å²) in [7, 11) is 0. The predicted molar refractivity (Wildman–Crippen MR) is 62.0 cm³/mol. The number of hydrogen-bond acceptors (Lipinski definition) is 3. The van der Waals surface area contributed by atoms with E-state index in [1.165, 1.54) is 4.90 Å². The lowest BCUT2D eigenvalue weighted by Crippen LogP contribution is -2.49. The highest BCUT2D eigenvalue weighted by atomic mass is 16.4. The van der Waals surface area contributed by atoms with E-state index in [2.05, 4.69) is 0 Å². The molecule has 0 aliphatic heterocycles. The van der Waals surface area contributed by atoms with E-state index in [-0.39, 0.29) is 18.5 Å². The lowest BCUT2D eigenvalue weighted by atomic mass is 10.1. The SMILES string of the molecule is CCC[C@H](N)C(=O)N(CC(=O)O)C(C)CC. The van der Waals surface area contributed by atoms with Gasteiger partial charge in [-0.15, -0.1) is 0 Å². The highest BCUT2D eigenvalue weighted by Crippen LogP contribution is 2.07. The number of carboxylic acids is 1. The number of nitrogens with two attached hydrogens (primary N) is 1. The van der Waals surface area contributed by atoms with Gasteiger partial charge in [-0.05, 0) is 19.8 Å². The quantitative estimate of drug-likeness (QED) is 0.678. The first-order chi connectivity index (χ1) is 7.43. The second-order valence-corrected chi connectivity index (χ2v) is 4.01. The summed E-state index contributed by atoms with van der Waals surface area (Å²) in [5, 5.41) is 8.75. The van der Waals surface area contributed by atoms with Crippen molar-refractivity contribution >= 4 is 11.9 Å². The van der Waals surface area contributed by atoms with Crippen molar-refractivity contribution in [2.75, 3.05) is 6.54 Å². The number of rotatable bonds is 7. The van der Waals surface area contributed by atoms with Crippen LogP contribution in [0.5, 0.6) is 0 Å². The van der Waals surface area contributed by atoms with Crippen molar-refractivity contribution in [1.82, 2.24) is 4.90 Å². The third-order valence-electron chi connectivity index (χ3n) is 2.63. The standard InChI is InChI=1S/C11H22N2O3/c1-4-6-9(12)11(16)13(7-10(14)15)8(3)5-2/h8-9H,4-7,12H2,1-3H3,(H,14,15)/t8?,9-/m0/s1. The number of carbonyl (C=O) groups is 2. The Kier molecular flexibility index (Phi) is 6.72. The Balaban J connectivity index is 4.61. The van der Waals surface area contributed by atoms with E-state index in [9.17, 15) is 9.59 Å². The second-order valence-electron chi connectivity index (χ2n) is 4.01. The molecule has 0 spiro atoms. The first-order valence-electron chi connectivity index (χ1n) is 5.71. The highest BCUT2D eigenvalue weighted by Gasteiger charge is 2.25. The Morgan fingerprint density at radius 3 is 2.31 bits per heavy atom. The van der Waals surface area contributed by atoms with E-state index in [4.69, 9.17) is 10.8 Å². The second kappa shape index (κ2) is 7.22. The highest BCUT2D eigenvalue weighted by molar-refractivity contribution is 5.85. The van der Waals surface area contributed by atoms with Crippen LogP contribution in [0.4, 0.5) is 0 Å². The number of carbonyl (C=O) groups excluding carboxylic acids is 1. The van der Waals surface area contributed by atoms with Crippen LogP contribution >= 0.6 is 0 Å². The van der Waals surface area contributed by atoms with Crippen LogP contribution < -0.4 is 5.73 Å². The van der Waals surface area contributed by atoms with Gasteiger partial charge in [0.05, 0.1) is 6.04 Å². The number of nitrogens with zero attached hydrogens (tertiary/aromatic N) is 1. The fourth-order valence-corrected chi connectivity index (χ4v) is 1.46. The van der Waals surface area contributed by atoms with Crippen molar-refractivity contribution in [3.8, 4) is 0 Å². The Labute approximate surface area is 96.6 Å². The molecule has 2 atom stereocenters. The van der Waals surface area contributed by atoms with E-state index >= 15 is 0 Å². The molecule has 0 aromatic rings. The van der Waals surface area contributed by atoms with Gasteiger partial charge < -0.3 is 15.7 Å². The molecule has 3 N–H and O–H groups in total. The van der Waals surface area contributed by atoms with E-state index in [1.54, 1.807) is 0 Å². The molecule has 1 amide bonds. The maximum atomic E-state index is 11.9. The molecule has 16 heavy (non-hydrogen) atoms. The summed E-state index contributed by atoms with van der Waals surface area (Å²) < 4.78 is 0. The zero-order valence-corrected chi connectivity index (χ0v) is 10.3. The van der Waals surface area contributed by atoms with Crippen LogP contribution in [-0.4, -0.2) is 40.5 Å². The minimum absolute atomic E-state index is 0.0912. The zero-order chi connectivity index (χ0) is 12.7. The van der Waals surface area contributed by atoms with Crippen molar-refractivity contribution in [3.05, 3.63) is 0 Å². The van der Waals surface area contributed by atoms with Crippen LogP contribution in [0, 0.1) is 0 Å². The maximum absolute atomic E-state index is 11.9. The Bertz CT molecular complexity index is 243. The molecule has 0 aromatic heterocycles. The molecule has 5 heteroatoms. The summed E-state index contributed by atoms with van der Waals surface area (Å²) >= 11 is 0. The fourth-order valence-electron chi connectivity index (χ4n) is 1.46. The smallest absolute Gasteiger partial charge is 0.323 e. The van der Waals surface area contributed by atoms with Crippen LogP contribution in [0.25, 0.3) is 0 Å². The van der Waals surface area contributed by atoms with Gasteiger partial charge in [0.1, 0.15) is 6.54 Å². The number of amides is 1. The molecule has 0 aromatic carbocycles. The molecule has 0 heterocycles. The van der Waals surface area contributed by atoms with Crippen LogP contribution in [-0.2, 0) is 9.59 Å². The Morgan fingerprint density at radius 2 is 1.94 bits per heavy atom. The first-order valence-corrected chi connectivity index (χ1v) is 5.71. The summed E-state index contributed by atoms with van der Waals surface area (Å²) in [6.45, 7) is 5.42. The number of carboxylic acid groups (broad SMARTS) is 1. The van der Waals surface area contributed by atoms with Gasteiger partial charge in [0.25, 0.3) is 0 Å². The van der Waals surface area contributed by atoms with Gasteiger partial charge in [0, 0.05) is 6.04 Å². The van der Waals surface area contributed by atoms with Gasteiger partial charge in [0.2, 0.25) is 5.91 Å². The first kappa shape index (κ1) is 14.9. The van der Waals surface area contributed by atoms with Gasteiger partial charge in [-0.25, -0.2) is 0 Å². The Morgan fingerprint density at radius 1 is 1.38 bits per heavy atom. The lowest BCUT2D eigenvalue weighted by molar-refractivity contribution is -0.146. The molecule has 0 bridgehead atoms. The van der Waals surface area contributed by atoms with Crippen LogP contribution in [0.2, 0.25) is 0 Å². The van der Waals surface area contributed by atoms with E-state index in [0.717, 1.165) is 12.8 Å². The van der Waals surface area contributed by atoms with Crippen molar-refractivity contribution in [2.24, 2.45) is 5.73 Å². The lowest BCUT2D eigenvalue weighted by Gasteiger charge is -2.29. The average molecular weight is 230 g/mol. The topological polar surface area (TPSA) is 83.6 Å². The summed E-state index contributed by atoms with van der Waals surface area (Å²) in [6, 6.07) is -0.676. The molecule has 0 aliphatic rings. The molecule has 5 nitrogen and oxygen atoms in total. The van der Waals surface area contributed by atoms with Gasteiger partial charge in [-0.1, -0.05) is 20.3 Å². The Hall–Kier alpha value is -1.10. The van der Waals surface area contributed by atoms with Gasteiger partial charge >= 0.3 is 5.97 Å². The third-order valence-corrected chi connectivity index (χ3v) is 2.63. The molecular weight excluding hydrogens is 208 g/mol. The van der Waals surface area contributed by atoms with Crippen LogP contribution in [0.1, 0.15) is 40.0 Å². The van der Waals surface area contributed by atoms with E-state index < -0.39 is 12.0 Å². The van der Waals surface area contributed by atoms with Crippen LogP contribution in [0.15, 0.2) is 0 Å². The monoisotopic (exact) mass is 230 g/mol. The maximum Gasteiger partial charge on any atom is 0.323 e. The zero-order valence-electron chi connectivity index (χ0n) is 10.3. The van der Waals surface area contributed by atoms with Crippen molar-refractivity contribution in [2.45, 2.75) is 52.1 Å². The van der Waals surface area contributed by atoms with Crippen molar-refractivity contribution in [3.63, 3.8) is 0 Å². The van der Waals surface area contributed by atoms with Gasteiger partial charge in [0.15, 0.2) is 0 Å². The normalized spacial score (nSPS) is 14.2. The summed E-state index contributed by atoms with van der Waals surface area (Å²) in [4.78, 5) is 23.9. The molecule has 0 aliphatic carbocycles. The number of hydrogen-bond donors (Lipinski definition) is 2. The van der Waals surface area contributed by atoms with E-state index in [1.807, 2.05) is 20.8 Å². The molecular formula is C11H22N2O3. The molecule has 1 unspecified atom stereocenters. The van der Waals surface area contributed by atoms with Gasteiger partial charge in [-0.2, -0.15) is 0 Å². The van der Waals surface area contributed by atoms with E-state index in [0.29, 0.717) is 6.42 Å². The van der Waals surface area contributed by atoms with Gasteiger partial charge in [-0.3, -0.25) is 9.59 Å². The molecule has 0 rings (SSSR count). The minimum Gasteiger partial charge on any atom is -0.480 e. The number of aliphatic carboxylic acids is 1. The van der Waals surface area contributed by atoms with Crippen molar-refractivity contribution < 1.29 is 14.7 Å². The molecule has 94 valence electrons. The van der Waals surface area contributed by atoms with Crippen molar-refractivity contribution in [1.29, 1.82) is 0 Å². The fraction of sp³-hybridized carbons (Fsp3) is 0.818. The largest absolute Gasteiger partial charge is 0.480 e. The van der Waals surface area contributed by atoms with Crippen LogP contribution in [0.3, 0.4) is 0 Å². The molecule has 0 radical (unpaired) electrons. The summed E-state index contributed by atoms with van der Waals surface area (Å²) in [5.74, 6) is -1.27. The minimum atomic E-state index is -1.00. The molecule has 0 saturated carbocycles. The third kappa shape index (κ3) is 4.61.